The molecule has 4 nitrogen and oxygen atoms in total. The van der Waals surface area contributed by atoms with Crippen molar-refractivity contribution >= 4 is 29.4 Å². The molecule has 2 heterocycles. The molecule has 1 amide bonds. The third-order valence-electron chi connectivity index (χ3n) is 5.15. The van der Waals surface area contributed by atoms with Crippen molar-refractivity contribution in [3.8, 4) is 11.5 Å². The van der Waals surface area contributed by atoms with Gasteiger partial charge in [0.15, 0.2) is 11.5 Å². The monoisotopic (exact) mass is 429 g/mol. The van der Waals surface area contributed by atoms with Crippen molar-refractivity contribution < 1.29 is 14.3 Å². The number of fused-ring (bicyclic) bond motifs is 1. The van der Waals surface area contributed by atoms with Crippen molar-refractivity contribution in [1.82, 2.24) is 5.32 Å². The summed E-state index contributed by atoms with van der Waals surface area (Å²) >= 11 is 3.95. The normalized spacial score (nSPS) is 17.8. The standard InChI is InChI=1S/C23H27NO3S2/c1-15(2)21(18-8-9-19-20(14-18)27-11-3-10-26-19)24-22(25)16-4-6-17(7-5-16)23-28-12-13-29-23/h4-9,14-15,21,23H,3,10-13H2,1-2H3,(H,24,25). The number of hydrogen-bond acceptors (Lipinski definition) is 5. The van der Waals surface area contributed by atoms with Gasteiger partial charge in [-0.1, -0.05) is 32.0 Å². The molecule has 154 valence electrons. The molecule has 0 spiro atoms. The molecule has 0 aliphatic carbocycles. The maximum Gasteiger partial charge on any atom is 0.251 e. The van der Waals surface area contributed by atoms with Crippen molar-refractivity contribution in [1.29, 1.82) is 0 Å². The van der Waals surface area contributed by atoms with E-state index in [1.165, 1.54) is 17.1 Å². The molecular formula is C23H27NO3S2. The first-order chi connectivity index (χ1) is 14.1. The minimum absolute atomic E-state index is 0.0471. The predicted octanol–water partition coefficient (Wildman–Crippen LogP) is 5.45. The van der Waals surface area contributed by atoms with Crippen LogP contribution in [0.2, 0.25) is 0 Å². The highest BCUT2D eigenvalue weighted by Gasteiger charge is 2.23. The van der Waals surface area contributed by atoms with Gasteiger partial charge < -0.3 is 14.8 Å². The Morgan fingerprint density at radius 3 is 2.38 bits per heavy atom. The molecular weight excluding hydrogens is 402 g/mol. The van der Waals surface area contributed by atoms with Gasteiger partial charge >= 0.3 is 0 Å². The minimum Gasteiger partial charge on any atom is -0.490 e. The Hall–Kier alpha value is -1.79. The van der Waals surface area contributed by atoms with Gasteiger partial charge in [-0.05, 0) is 41.3 Å². The lowest BCUT2D eigenvalue weighted by Gasteiger charge is -2.24. The number of carbonyl (C=O) groups excluding carboxylic acids is 1. The molecule has 1 N–H and O–H groups in total. The molecule has 4 rings (SSSR count). The first-order valence-electron chi connectivity index (χ1n) is 10.2. The van der Waals surface area contributed by atoms with E-state index in [9.17, 15) is 4.79 Å². The van der Waals surface area contributed by atoms with E-state index in [1.807, 2.05) is 53.9 Å². The van der Waals surface area contributed by atoms with Crippen LogP contribution in [0.4, 0.5) is 0 Å². The maximum absolute atomic E-state index is 12.9. The largest absolute Gasteiger partial charge is 0.490 e. The topological polar surface area (TPSA) is 47.6 Å². The van der Waals surface area contributed by atoms with E-state index in [1.54, 1.807) is 0 Å². The number of rotatable bonds is 5. The van der Waals surface area contributed by atoms with Gasteiger partial charge in [0.05, 0.1) is 23.8 Å². The first kappa shape index (κ1) is 20.5. The van der Waals surface area contributed by atoms with Gasteiger partial charge in [-0.2, -0.15) is 0 Å². The van der Waals surface area contributed by atoms with E-state index in [0.717, 1.165) is 23.5 Å². The lowest BCUT2D eigenvalue weighted by molar-refractivity contribution is 0.0925. The lowest BCUT2D eigenvalue weighted by Crippen LogP contribution is -2.31. The summed E-state index contributed by atoms with van der Waals surface area (Å²) in [7, 11) is 0. The molecule has 6 heteroatoms. The zero-order chi connectivity index (χ0) is 20.2. The predicted molar refractivity (Wildman–Crippen MR) is 121 cm³/mol. The van der Waals surface area contributed by atoms with Gasteiger partial charge in [0.25, 0.3) is 5.91 Å². The Morgan fingerprint density at radius 1 is 1.00 bits per heavy atom. The number of nitrogens with one attached hydrogen (secondary N) is 1. The molecule has 1 saturated heterocycles. The highest BCUT2D eigenvalue weighted by molar-refractivity contribution is 8.19. The van der Waals surface area contributed by atoms with E-state index < -0.39 is 0 Å². The lowest BCUT2D eigenvalue weighted by atomic mass is 9.95. The fourth-order valence-corrected chi connectivity index (χ4v) is 6.43. The average Bonchev–Trinajstić information content (AvgIpc) is 3.17. The van der Waals surface area contributed by atoms with Gasteiger partial charge in [-0.15, -0.1) is 23.5 Å². The molecule has 1 fully saturated rings. The quantitative estimate of drug-likeness (QED) is 0.684. The molecule has 1 atom stereocenters. The molecule has 2 aromatic rings. The molecule has 0 saturated carbocycles. The van der Waals surface area contributed by atoms with Crippen LogP contribution in [0.3, 0.4) is 0 Å². The van der Waals surface area contributed by atoms with Crippen molar-refractivity contribution in [2.45, 2.75) is 30.9 Å². The summed E-state index contributed by atoms with van der Waals surface area (Å²) in [5.74, 6) is 4.13. The molecule has 0 bridgehead atoms. The van der Waals surface area contributed by atoms with Crippen molar-refractivity contribution in [2.24, 2.45) is 5.92 Å². The third kappa shape index (κ3) is 4.86. The smallest absolute Gasteiger partial charge is 0.251 e. The second-order valence-electron chi connectivity index (χ2n) is 7.65. The fourth-order valence-electron chi connectivity index (χ4n) is 3.58. The van der Waals surface area contributed by atoms with Gasteiger partial charge in [0, 0.05) is 23.5 Å². The SMILES string of the molecule is CC(C)C(NC(=O)c1ccc(C2SCCS2)cc1)c1ccc2c(c1)OCCCO2. The Balaban J connectivity index is 1.49. The van der Waals surface area contributed by atoms with Crippen LogP contribution >= 0.6 is 23.5 Å². The summed E-state index contributed by atoms with van der Waals surface area (Å²) in [5, 5.41) is 3.21. The zero-order valence-electron chi connectivity index (χ0n) is 16.9. The number of amides is 1. The Kier molecular flexibility index (Phi) is 6.60. The number of thioether (sulfide) groups is 2. The second kappa shape index (κ2) is 9.35. The van der Waals surface area contributed by atoms with Crippen molar-refractivity contribution in [3.63, 3.8) is 0 Å². The highest BCUT2D eigenvalue weighted by atomic mass is 32.2. The molecule has 2 aliphatic heterocycles. The van der Waals surface area contributed by atoms with E-state index in [2.05, 4.69) is 31.3 Å². The second-order valence-corrected chi connectivity index (χ2v) is 10.4. The number of ether oxygens (including phenoxy) is 2. The minimum atomic E-state index is -0.0970. The van der Waals surface area contributed by atoms with E-state index in [-0.39, 0.29) is 17.9 Å². The maximum atomic E-state index is 12.9. The van der Waals surface area contributed by atoms with Gasteiger partial charge in [0.1, 0.15) is 0 Å². The molecule has 2 aliphatic rings. The van der Waals surface area contributed by atoms with Crippen LogP contribution < -0.4 is 14.8 Å². The summed E-state index contributed by atoms with van der Waals surface area (Å²) in [6, 6.07) is 13.9. The van der Waals surface area contributed by atoms with E-state index in [4.69, 9.17) is 9.47 Å². The van der Waals surface area contributed by atoms with Gasteiger partial charge in [-0.3, -0.25) is 4.79 Å². The van der Waals surface area contributed by atoms with Gasteiger partial charge in [-0.25, -0.2) is 0 Å². The summed E-state index contributed by atoms with van der Waals surface area (Å²) < 4.78 is 12.1. The molecule has 2 aromatic carbocycles. The van der Waals surface area contributed by atoms with Crippen LogP contribution in [0.25, 0.3) is 0 Å². The van der Waals surface area contributed by atoms with Gasteiger partial charge in [0.2, 0.25) is 0 Å². The highest BCUT2D eigenvalue weighted by Crippen LogP contribution is 2.45. The zero-order valence-corrected chi connectivity index (χ0v) is 18.5. The van der Waals surface area contributed by atoms with E-state index in [0.29, 0.717) is 23.4 Å². The van der Waals surface area contributed by atoms with E-state index >= 15 is 0 Å². The Bertz CT molecular complexity index is 848. The van der Waals surface area contributed by atoms with Crippen molar-refractivity contribution in [2.75, 3.05) is 24.7 Å². The Morgan fingerprint density at radius 2 is 1.69 bits per heavy atom. The number of hydrogen-bond donors (Lipinski definition) is 1. The fraction of sp³-hybridized carbons (Fsp3) is 0.435. The molecule has 0 radical (unpaired) electrons. The van der Waals surface area contributed by atoms with Crippen LogP contribution in [0.5, 0.6) is 11.5 Å². The number of benzene rings is 2. The number of carbonyl (C=O) groups is 1. The van der Waals surface area contributed by atoms with Crippen LogP contribution in [0, 0.1) is 5.92 Å². The molecule has 1 unspecified atom stereocenters. The van der Waals surface area contributed by atoms with Crippen LogP contribution in [0.1, 0.15) is 52.4 Å². The molecule has 29 heavy (non-hydrogen) atoms. The van der Waals surface area contributed by atoms with Crippen LogP contribution in [-0.2, 0) is 0 Å². The summed E-state index contributed by atoms with van der Waals surface area (Å²) in [4.78, 5) is 12.9. The Labute approximate surface area is 181 Å². The summed E-state index contributed by atoms with van der Waals surface area (Å²) in [6.45, 7) is 5.56. The third-order valence-corrected chi connectivity index (χ3v) is 8.26. The molecule has 0 aromatic heterocycles. The van der Waals surface area contributed by atoms with Crippen LogP contribution in [0.15, 0.2) is 42.5 Å². The summed E-state index contributed by atoms with van der Waals surface area (Å²) in [5.41, 5.74) is 3.02. The van der Waals surface area contributed by atoms with Crippen LogP contribution in [-0.4, -0.2) is 30.6 Å². The first-order valence-corrected chi connectivity index (χ1v) is 12.2. The average molecular weight is 430 g/mol. The summed E-state index contributed by atoms with van der Waals surface area (Å²) in [6.07, 6.45) is 0.877. The van der Waals surface area contributed by atoms with Crippen molar-refractivity contribution in [3.05, 3.63) is 59.2 Å².